The van der Waals surface area contributed by atoms with Gasteiger partial charge in [-0.25, -0.2) is 0 Å². The third-order valence-electron chi connectivity index (χ3n) is 1.80. The van der Waals surface area contributed by atoms with Crippen LogP contribution in [0.4, 0.5) is 0 Å². The summed E-state index contributed by atoms with van der Waals surface area (Å²) in [4.78, 5) is 1.28. The van der Waals surface area contributed by atoms with E-state index in [9.17, 15) is 0 Å². The van der Waals surface area contributed by atoms with Gasteiger partial charge in [0.25, 0.3) is 0 Å². The van der Waals surface area contributed by atoms with Crippen LogP contribution in [-0.2, 0) is 6.54 Å². The maximum Gasteiger partial charge on any atom is 0.0701 e. The van der Waals surface area contributed by atoms with Crippen molar-refractivity contribution >= 4 is 27.3 Å². The molecule has 0 unspecified atom stereocenters. The Bertz CT molecular complexity index is 338. The number of thiophene rings is 1. The maximum absolute atomic E-state index is 8.80. The predicted molar refractivity (Wildman–Crippen MR) is 63.1 cm³/mol. The highest BCUT2D eigenvalue weighted by molar-refractivity contribution is 9.11. The fourth-order valence-corrected chi connectivity index (χ4v) is 2.44. The van der Waals surface area contributed by atoms with Crippen LogP contribution in [0, 0.1) is 16.7 Å². The Hall–Kier alpha value is -0.370. The van der Waals surface area contributed by atoms with Crippen molar-refractivity contribution in [2.75, 3.05) is 6.54 Å². The van der Waals surface area contributed by atoms with Crippen LogP contribution >= 0.6 is 27.3 Å². The van der Waals surface area contributed by atoms with Gasteiger partial charge in [0.15, 0.2) is 0 Å². The van der Waals surface area contributed by atoms with Gasteiger partial charge in [-0.3, -0.25) is 0 Å². The molecule has 0 fully saturated rings. The van der Waals surface area contributed by atoms with Crippen LogP contribution in [0.2, 0.25) is 0 Å². The lowest BCUT2D eigenvalue weighted by Crippen LogP contribution is -2.27. The molecule has 1 aromatic heterocycles. The Morgan fingerprint density at radius 3 is 2.79 bits per heavy atom. The fourth-order valence-electron chi connectivity index (χ4n) is 0.984. The molecule has 76 valence electrons. The molecule has 0 amide bonds. The highest BCUT2D eigenvalue weighted by atomic mass is 79.9. The number of nitrogens with zero attached hydrogens (tertiary/aromatic N) is 1. The van der Waals surface area contributed by atoms with Gasteiger partial charge >= 0.3 is 0 Å². The lowest BCUT2D eigenvalue weighted by atomic mass is 9.96. The number of hydrogen-bond donors (Lipinski definition) is 1. The zero-order valence-electron chi connectivity index (χ0n) is 8.30. The van der Waals surface area contributed by atoms with Crippen LogP contribution in [-0.4, -0.2) is 6.54 Å². The Balaban J connectivity index is 2.33. The highest BCUT2D eigenvalue weighted by Crippen LogP contribution is 2.22. The Morgan fingerprint density at radius 2 is 2.29 bits per heavy atom. The minimum atomic E-state index is -0.283. The summed E-state index contributed by atoms with van der Waals surface area (Å²) in [5.41, 5.74) is -0.283. The minimum Gasteiger partial charge on any atom is -0.310 e. The van der Waals surface area contributed by atoms with Gasteiger partial charge < -0.3 is 5.32 Å². The van der Waals surface area contributed by atoms with Crippen molar-refractivity contribution in [2.24, 2.45) is 5.41 Å². The molecule has 1 N–H and O–H groups in total. The van der Waals surface area contributed by atoms with Crippen LogP contribution in [0.5, 0.6) is 0 Å². The topological polar surface area (TPSA) is 35.8 Å². The molecular formula is C10H13BrN2S. The summed E-state index contributed by atoms with van der Waals surface area (Å²) in [5.74, 6) is 0. The second-order valence-electron chi connectivity index (χ2n) is 3.81. The van der Waals surface area contributed by atoms with Crippen molar-refractivity contribution in [1.82, 2.24) is 5.32 Å². The van der Waals surface area contributed by atoms with E-state index >= 15 is 0 Å². The summed E-state index contributed by atoms with van der Waals surface area (Å²) >= 11 is 5.13. The molecule has 0 radical (unpaired) electrons. The normalized spacial score (nSPS) is 11.3. The van der Waals surface area contributed by atoms with E-state index in [1.54, 1.807) is 11.3 Å². The molecule has 1 aromatic rings. The largest absolute Gasteiger partial charge is 0.310 e. The zero-order chi connectivity index (χ0) is 10.6. The van der Waals surface area contributed by atoms with Gasteiger partial charge in [-0.15, -0.1) is 11.3 Å². The standard InChI is InChI=1S/C10H13BrN2S/c1-10(2,6-12)7-13-5-8-3-4-9(11)14-8/h3-4,13H,5,7H2,1-2H3. The van der Waals surface area contributed by atoms with E-state index in [1.165, 1.54) is 4.88 Å². The van der Waals surface area contributed by atoms with Crippen molar-refractivity contribution in [3.63, 3.8) is 0 Å². The van der Waals surface area contributed by atoms with Gasteiger partial charge in [0.2, 0.25) is 0 Å². The van der Waals surface area contributed by atoms with E-state index in [0.717, 1.165) is 16.9 Å². The van der Waals surface area contributed by atoms with Gasteiger partial charge in [0, 0.05) is 18.0 Å². The molecule has 0 spiro atoms. The molecule has 0 saturated carbocycles. The molecule has 14 heavy (non-hydrogen) atoms. The van der Waals surface area contributed by atoms with E-state index in [0.29, 0.717) is 0 Å². The van der Waals surface area contributed by atoms with Gasteiger partial charge in [0.1, 0.15) is 0 Å². The highest BCUT2D eigenvalue weighted by Gasteiger charge is 2.15. The average molecular weight is 273 g/mol. The molecular weight excluding hydrogens is 260 g/mol. The molecule has 2 nitrogen and oxygen atoms in total. The lowest BCUT2D eigenvalue weighted by molar-refractivity contribution is 0.446. The number of nitriles is 1. The van der Waals surface area contributed by atoms with Gasteiger partial charge in [-0.2, -0.15) is 5.26 Å². The summed E-state index contributed by atoms with van der Waals surface area (Å²) in [5, 5.41) is 12.1. The van der Waals surface area contributed by atoms with Crippen LogP contribution < -0.4 is 5.32 Å². The van der Waals surface area contributed by atoms with Gasteiger partial charge in [-0.1, -0.05) is 0 Å². The first kappa shape index (κ1) is 11.7. The molecule has 0 saturated heterocycles. The summed E-state index contributed by atoms with van der Waals surface area (Å²) < 4.78 is 1.15. The summed E-state index contributed by atoms with van der Waals surface area (Å²) in [6, 6.07) is 6.39. The van der Waals surface area contributed by atoms with Crippen molar-refractivity contribution in [2.45, 2.75) is 20.4 Å². The Labute approximate surface area is 97.1 Å². The quantitative estimate of drug-likeness (QED) is 0.914. The number of nitrogens with one attached hydrogen (secondary N) is 1. The fraction of sp³-hybridized carbons (Fsp3) is 0.500. The minimum absolute atomic E-state index is 0.283. The zero-order valence-corrected chi connectivity index (χ0v) is 10.7. The molecule has 0 bridgehead atoms. The van der Waals surface area contributed by atoms with Crippen LogP contribution in [0.1, 0.15) is 18.7 Å². The second kappa shape index (κ2) is 4.92. The molecule has 0 aromatic carbocycles. The number of rotatable bonds is 4. The van der Waals surface area contributed by atoms with E-state index < -0.39 is 0 Å². The van der Waals surface area contributed by atoms with Crippen molar-refractivity contribution in [1.29, 1.82) is 5.26 Å². The summed E-state index contributed by atoms with van der Waals surface area (Å²) in [6.45, 7) is 5.43. The van der Waals surface area contributed by atoms with Gasteiger partial charge in [-0.05, 0) is 41.9 Å². The van der Waals surface area contributed by atoms with Crippen molar-refractivity contribution in [3.8, 4) is 6.07 Å². The van der Waals surface area contributed by atoms with Crippen molar-refractivity contribution < 1.29 is 0 Å². The van der Waals surface area contributed by atoms with Crippen LogP contribution in [0.15, 0.2) is 15.9 Å². The summed E-state index contributed by atoms with van der Waals surface area (Å²) in [6.07, 6.45) is 0. The number of halogens is 1. The molecule has 4 heteroatoms. The Morgan fingerprint density at radius 1 is 1.57 bits per heavy atom. The maximum atomic E-state index is 8.80. The first-order valence-electron chi connectivity index (χ1n) is 4.40. The third kappa shape index (κ3) is 3.79. The van der Waals surface area contributed by atoms with E-state index in [-0.39, 0.29) is 5.41 Å². The molecule has 0 atom stereocenters. The molecule has 1 heterocycles. The average Bonchev–Trinajstić information content (AvgIpc) is 2.51. The molecule has 1 rings (SSSR count). The van der Waals surface area contributed by atoms with E-state index in [4.69, 9.17) is 5.26 Å². The molecule has 0 aliphatic rings. The third-order valence-corrected chi connectivity index (χ3v) is 3.42. The van der Waals surface area contributed by atoms with Crippen LogP contribution in [0.3, 0.4) is 0 Å². The number of hydrogen-bond acceptors (Lipinski definition) is 3. The second-order valence-corrected chi connectivity index (χ2v) is 6.35. The predicted octanol–water partition coefficient (Wildman–Crippen LogP) is 3.15. The van der Waals surface area contributed by atoms with Crippen molar-refractivity contribution in [3.05, 3.63) is 20.8 Å². The Kier molecular flexibility index (Phi) is 4.11. The SMILES string of the molecule is CC(C)(C#N)CNCc1ccc(Br)s1. The smallest absolute Gasteiger partial charge is 0.0701 e. The monoisotopic (exact) mass is 272 g/mol. The van der Waals surface area contributed by atoms with E-state index in [1.807, 2.05) is 19.9 Å². The van der Waals surface area contributed by atoms with Gasteiger partial charge in [0.05, 0.1) is 15.3 Å². The first-order chi connectivity index (χ1) is 6.53. The lowest BCUT2D eigenvalue weighted by Gasteiger charge is -2.15. The molecule has 0 aliphatic heterocycles. The molecule has 0 aliphatic carbocycles. The van der Waals surface area contributed by atoms with E-state index in [2.05, 4.69) is 33.4 Å². The first-order valence-corrected chi connectivity index (χ1v) is 6.01. The van der Waals surface area contributed by atoms with Crippen LogP contribution in [0.25, 0.3) is 0 Å². The summed E-state index contributed by atoms with van der Waals surface area (Å²) in [7, 11) is 0.